The van der Waals surface area contributed by atoms with E-state index in [4.69, 9.17) is 28.4 Å². The Morgan fingerprint density at radius 3 is 1.23 bits per heavy atom. The van der Waals surface area contributed by atoms with E-state index in [0.717, 1.165) is 101 Å². The summed E-state index contributed by atoms with van der Waals surface area (Å²) in [5.74, 6) is 2.67. The summed E-state index contributed by atoms with van der Waals surface area (Å²) >= 11 is 0. The van der Waals surface area contributed by atoms with Gasteiger partial charge in [-0.2, -0.15) is 0 Å². The van der Waals surface area contributed by atoms with Crippen LogP contribution in [0.15, 0.2) is 24.3 Å². The Hall–Kier alpha value is -3.53. The van der Waals surface area contributed by atoms with Crippen LogP contribution in [0.5, 0.6) is 0 Å². The largest absolute Gasteiger partial charge is 0.460 e. The number of nitrogens with zero attached hydrogens (tertiary/aromatic N) is 2. The molecule has 15 nitrogen and oxygen atoms in total. The number of carbonyl (C=O) groups excluding carboxylic acids is 5. The highest BCUT2D eigenvalue weighted by Gasteiger charge is 2.39. The van der Waals surface area contributed by atoms with Crippen LogP contribution in [-0.2, 0) is 42.8 Å². The monoisotopic (exact) mass is 983 g/mol. The molecular weight excluding hydrogens is 893 g/mol. The number of rotatable bonds is 24. The first-order valence-corrected chi connectivity index (χ1v) is 27.4. The van der Waals surface area contributed by atoms with Crippen molar-refractivity contribution in [1.82, 2.24) is 20.4 Å². The van der Waals surface area contributed by atoms with Crippen LogP contribution in [0.4, 0.5) is 9.59 Å². The van der Waals surface area contributed by atoms with E-state index in [1.54, 1.807) is 13.8 Å². The lowest BCUT2D eigenvalue weighted by Gasteiger charge is -2.42. The molecule has 6 fully saturated rings. The smallest absolute Gasteiger partial charge is 0.407 e. The summed E-state index contributed by atoms with van der Waals surface area (Å²) in [6.07, 6.45) is 23.7. The fourth-order valence-electron chi connectivity index (χ4n) is 12.8. The summed E-state index contributed by atoms with van der Waals surface area (Å²) in [5.41, 5.74) is 0.611. The number of hydrogen-bond acceptors (Lipinski definition) is 13. The number of alkyl carbamates (subject to hydrolysis) is 2. The molecule has 8 unspecified atom stereocenters. The Morgan fingerprint density at radius 1 is 0.486 bits per heavy atom. The first-order valence-electron chi connectivity index (χ1n) is 27.4. The molecule has 6 aliphatic carbocycles. The third kappa shape index (κ3) is 17.3. The Labute approximate surface area is 419 Å². The number of fused-ring (bicyclic) bond motifs is 2. The Bertz CT molecular complexity index is 1590. The third-order valence-corrected chi connectivity index (χ3v) is 17.3. The maximum absolute atomic E-state index is 14.2. The lowest BCUT2D eigenvalue weighted by Crippen LogP contribution is -2.49. The van der Waals surface area contributed by atoms with Crippen LogP contribution in [0.1, 0.15) is 155 Å². The van der Waals surface area contributed by atoms with Gasteiger partial charge in [-0.15, -0.1) is 0 Å². The standard InChI is InChI=1S/C55H90N4O11/c1-37(2)52(61)65-29-27-56-54(63)69-35-47(33-67-49-25-19-39-11-7-9-13-43(39)31-49)58(5)45-21-15-41(16-22-45)51(60)42-17-23-46(24-18-42)59(6)48(36-70-55(64)57-28-30-66-53(62)38(3)4)34-68-50-26-20-40-12-8-10-14-44(40)32-50/h39-50H,1,3,7-36H2,2,4-6H3,(H,56,63)(H,57,64). The lowest BCUT2D eigenvalue weighted by atomic mass is 9.70. The molecule has 0 aromatic rings. The SMILES string of the molecule is C=C(C)C(=O)OCCNC(=O)OCC(COC1CCC2CCCCC2C1)N(C)C1CCC(C(=O)C2CCC(N(C)C(COC(=O)NCCOC(=O)C(=C)C)COC3CCC4CCCCC4C3)CC2)CC1. The minimum atomic E-state index is -0.559. The highest BCUT2D eigenvalue weighted by Crippen LogP contribution is 2.43. The first kappa shape index (κ1) is 55.8. The fourth-order valence-corrected chi connectivity index (χ4v) is 12.8. The number of carbonyl (C=O) groups is 5. The zero-order valence-electron chi connectivity index (χ0n) is 43.4. The van der Waals surface area contributed by atoms with Gasteiger partial charge in [-0.05, 0) is 142 Å². The topological polar surface area (TPSA) is 171 Å². The fraction of sp³-hybridized carbons (Fsp3) is 0.836. The number of likely N-dealkylation sites (N-methyl/N-ethyl adjacent to an activating group) is 2. The quantitative estimate of drug-likeness (QED) is 0.0408. The van der Waals surface area contributed by atoms with Crippen molar-refractivity contribution < 1.29 is 52.4 Å². The highest BCUT2D eigenvalue weighted by molar-refractivity contribution is 5.87. The van der Waals surface area contributed by atoms with Gasteiger partial charge in [-0.3, -0.25) is 14.6 Å². The van der Waals surface area contributed by atoms with Gasteiger partial charge in [0.1, 0.15) is 32.2 Å². The Morgan fingerprint density at radius 2 is 0.857 bits per heavy atom. The summed E-state index contributed by atoms with van der Waals surface area (Å²) in [4.78, 5) is 67.8. The molecule has 0 aliphatic heterocycles. The first-order chi connectivity index (χ1) is 33.7. The van der Waals surface area contributed by atoms with Gasteiger partial charge in [0, 0.05) is 35.1 Å². The molecule has 0 radical (unpaired) electrons. The summed E-state index contributed by atoms with van der Waals surface area (Å²) in [5, 5.41) is 5.38. The van der Waals surface area contributed by atoms with Crippen molar-refractivity contribution in [3.05, 3.63) is 24.3 Å². The van der Waals surface area contributed by atoms with Crippen molar-refractivity contribution in [1.29, 1.82) is 0 Å². The predicted molar refractivity (Wildman–Crippen MR) is 268 cm³/mol. The highest BCUT2D eigenvalue weighted by atomic mass is 16.6. The van der Waals surface area contributed by atoms with Gasteiger partial charge in [0.05, 0.1) is 50.6 Å². The van der Waals surface area contributed by atoms with E-state index in [1.165, 1.54) is 64.2 Å². The number of ether oxygens (including phenoxy) is 6. The van der Waals surface area contributed by atoms with Crippen molar-refractivity contribution in [2.75, 3.05) is 66.8 Å². The van der Waals surface area contributed by atoms with Crippen LogP contribution in [0.3, 0.4) is 0 Å². The van der Waals surface area contributed by atoms with Gasteiger partial charge in [0.15, 0.2) is 0 Å². The normalized spacial score (nSPS) is 29.9. The maximum Gasteiger partial charge on any atom is 0.407 e. The van der Waals surface area contributed by atoms with Crippen LogP contribution in [0.2, 0.25) is 0 Å². The van der Waals surface area contributed by atoms with Gasteiger partial charge in [-0.1, -0.05) is 64.5 Å². The molecule has 0 spiro atoms. The molecule has 0 aromatic carbocycles. The van der Waals surface area contributed by atoms with Crippen LogP contribution in [0, 0.1) is 35.5 Å². The minimum absolute atomic E-state index is 0.0339. The van der Waals surface area contributed by atoms with Crippen molar-refractivity contribution >= 4 is 29.9 Å². The molecule has 0 bridgehead atoms. The van der Waals surface area contributed by atoms with Crippen LogP contribution in [-0.4, -0.2) is 143 Å². The van der Waals surface area contributed by atoms with Crippen molar-refractivity contribution in [2.24, 2.45) is 35.5 Å². The predicted octanol–water partition coefficient (Wildman–Crippen LogP) is 8.72. The molecule has 0 saturated heterocycles. The van der Waals surface area contributed by atoms with Gasteiger partial charge in [0.25, 0.3) is 0 Å². The number of esters is 2. The Kier molecular flexibility index (Phi) is 22.8. The molecule has 6 aliphatic rings. The van der Waals surface area contributed by atoms with Crippen LogP contribution < -0.4 is 10.6 Å². The van der Waals surface area contributed by atoms with E-state index in [-0.39, 0.29) is 87.7 Å². The van der Waals surface area contributed by atoms with E-state index in [2.05, 4.69) is 47.7 Å². The second-order valence-electron chi connectivity index (χ2n) is 22.1. The summed E-state index contributed by atoms with van der Waals surface area (Å²) in [6, 6.07) is 0.203. The van der Waals surface area contributed by atoms with Gasteiger partial charge >= 0.3 is 24.1 Å². The van der Waals surface area contributed by atoms with E-state index in [1.807, 2.05) is 0 Å². The van der Waals surface area contributed by atoms with Crippen molar-refractivity contribution in [2.45, 2.75) is 191 Å². The molecule has 6 saturated carbocycles. The molecule has 6 rings (SSSR count). The molecule has 2 amide bonds. The molecule has 8 atom stereocenters. The third-order valence-electron chi connectivity index (χ3n) is 17.3. The number of hydrogen-bond donors (Lipinski definition) is 2. The van der Waals surface area contributed by atoms with E-state index in [0.29, 0.717) is 30.1 Å². The van der Waals surface area contributed by atoms with E-state index < -0.39 is 24.1 Å². The minimum Gasteiger partial charge on any atom is -0.460 e. The van der Waals surface area contributed by atoms with E-state index >= 15 is 0 Å². The van der Waals surface area contributed by atoms with Gasteiger partial charge in [0.2, 0.25) is 0 Å². The number of ketones is 1. The number of amides is 2. The average molecular weight is 983 g/mol. The van der Waals surface area contributed by atoms with Crippen LogP contribution in [0.25, 0.3) is 0 Å². The summed E-state index contributed by atoms with van der Waals surface area (Å²) < 4.78 is 35.0. The molecule has 2 N–H and O–H groups in total. The van der Waals surface area contributed by atoms with Crippen LogP contribution >= 0.6 is 0 Å². The average Bonchev–Trinajstić information content (AvgIpc) is 3.38. The molecule has 0 aromatic heterocycles. The zero-order chi connectivity index (χ0) is 50.0. The molecule has 15 heteroatoms. The second kappa shape index (κ2) is 28.6. The van der Waals surface area contributed by atoms with Gasteiger partial charge < -0.3 is 39.1 Å². The van der Waals surface area contributed by atoms with Gasteiger partial charge in [-0.25, -0.2) is 19.2 Å². The molecule has 396 valence electrons. The van der Waals surface area contributed by atoms with Crippen molar-refractivity contribution in [3.63, 3.8) is 0 Å². The maximum atomic E-state index is 14.2. The summed E-state index contributed by atoms with van der Waals surface area (Å²) in [6.45, 7) is 12.0. The number of nitrogens with one attached hydrogen (secondary N) is 2. The number of Topliss-reactive ketones (excluding diaryl/α,β-unsaturated/α-hetero) is 1. The lowest BCUT2D eigenvalue weighted by molar-refractivity contribution is -0.139. The molecule has 0 heterocycles. The van der Waals surface area contributed by atoms with Crippen molar-refractivity contribution in [3.8, 4) is 0 Å². The molecule has 70 heavy (non-hydrogen) atoms. The Balaban J connectivity index is 0.965. The summed E-state index contributed by atoms with van der Waals surface area (Å²) in [7, 11) is 4.22. The second-order valence-corrected chi connectivity index (χ2v) is 22.1. The van der Waals surface area contributed by atoms with E-state index in [9.17, 15) is 24.0 Å². The molecular formula is C55H90N4O11. The zero-order valence-corrected chi connectivity index (χ0v) is 43.4.